The number of aliphatic hydroxyl groups is 1. The number of amides is 1. The molecule has 6 atom stereocenters. The molecule has 2 aliphatic rings. The molecule has 2 saturated heterocycles. The van der Waals surface area contributed by atoms with Crippen molar-refractivity contribution < 1.29 is 52.7 Å². The van der Waals surface area contributed by atoms with Gasteiger partial charge in [-0.25, -0.2) is 14.4 Å². The fourth-order valence-electron chi connectivity index (χ4n) is 3.89. The van der Waals surface area contributed by atoms with Crippen LogP contribution < -0.4 is 5.32 Å². The highest BCUT2D eigenvalue weighted by molar-refractivity contribution is 5.85. The molecule has 2 N–H and O–H groups in total. The zero-order chi connectivity index (χ0) is 26.8. The van der Waals surface area contributed by atoms with Crippen LogP contribution in [0.4, 0.5) is 4.79 Å². The Morgan fingerprint density at radius 3 is 2.23 bits per heavy atom. The van der Waals surface area contributed by atoms with Gasteiger partial charge in [0.15, 0.2) is 11.7 Å². The molecule has 0 aliphatic carbocycles. The normalized spacial score (nSPS) is 29.4. The molecule has 0 radical (unpaired) electrons. The molecular formula is C23H37NO11. The van der Waals surface area contributed by atoms with Crippen molar-refractivity contribution in [2.24, 2.45) is 5.41 Å². The third kappa shape index (κ3) is 7.05. The number of carbonyl (C=O) groups is 4. The van der Waals surface area contributed by atoms with E-state index in [1.807, 2.05) is 0 Å². The monoisotopic (exact) mass is 503 g/mol. The predicted molar refractivity (Wildman–Crippen MR) is 119 cm³/mol. The summed E-state index contributed by atoms with van der Waals surface area (Å²) in [6.07, 6.45) is -5.46. The van der Waals surface area contributed by atoms with Gasteiger partial charge in [-0.2, -0.15) is 0 Å². The minimum absolute atomic E-state index is 0.0792. The molecule has 0 aromatic heterocycles. The lowest BCUT2D eigenvalue weighted by atomic mass is 9.89. The summed E-state index contributed by atoms with van der Waals surface area (Å²) >= 11 is 0. The van der Waals surface area contributed by atoms with Gasteiger partial charge in [-0.05, 0) is 41.5 Å². The number of nitrogens with one attached hydrogen (secondary N) is 1. The van der Waals surface area contributed by atoms with Crippen LogP contribution in [0.15, 0.2) is 0 Å². The molecule has 200 valence electrons. The Kier molecular flexibility index (Phi) is 8.78. The van der Waals surface area contributed by atoms with E-state index in [4.69, 9.17) is 28.4 Å². The van der Waals surface area contributed by atoms with Gasteiger partial charge in [0, 0.05) is 12.8 Å². The van der Waals surface area contributed by atoms with Gasteiger partial charge in [0.25, 0.3) is 0 Å². The molecule has 0 unspecified atom stereocenters. The van der Waals surface area contributed by atoms with E-state index in [-0.39, 0.29) is 19.4 Å². The van der Waals surface area contributed by atoms with Crippen LogP contribution in [0.3, 0.4) is 0 Å². The van der Waals surface area contributed by atoms with Crippen LogP contribution in [-0.4, -0.2) is 91.6 Å². The highest BCUT2D eigenvalue weighted by Gasteiger charge is 2.60. The van der Waals surface area contributed by atoms with Gasteiger partial charge < -0.3 is 38.8 Å². The van der Waals surface area contributed by atoms with E-state index in [9.17, 15) is 24.3 Å². The molecular weight excluding hydrogens is 466 g/mol. The van der Waals surface area contributed by atoms with Gasteiger partial charge >= 0.3 is 24.0 Å². The molecule has 0 aromatic carbocycles. The number of esters is 3. The van der Waals surface area contributed by atoms with Crippen LogP contribution >= 0.6 is 0 Å². The van der Waals surface area contributed by atoms with Crippen molar-refractivity contribution in [3.63, 3.8) is 0 Å². The lowest BCUT2D eigenvalue weighted by Crippen LogP contribution is -2.55. The Labute approximate surface area is 204 Å². The highest BCUT2D eigenvalue weighted by atomic mass is 16.6. The average molecular weight is 504 g/mol. The number of methoxy groups -OCH3 is 2. The third-order valence-electron chi connectivity index (χ3n) is 5.57. The smallest absolute Gasteiger partial charge is 0.408 e. The van der Waals surface area contributed by atoms with E-state index >= 15 is 0 Å². The summed E-state index contributed by atoms with van der Waals surface area (Å²) in [6, 6.07) is -1.34. The van der Waals surface area contributed by atoms with E-state index in [1.54, 1.807) is 41.5 Å². The minimum Gasteiger partial charge on any atom is -0.467 e. The molecule has 12 nitrogen and oxygen atoms in total. The Morgan fingerprint density at radius 2 is 1.71 bits per heavy atom. The Balaban J connectivity index is 2.33. The van der Waals surface area contributed by atoms with Gasteiger partial charge in [0.1, 0.15) is 23.9 Å². The topological polar surface area (TPSA) is 156 Å². The average Bonchev–Trinajstić information content (AvgIpc) is 3.11. The molecule has 12 heteroatoms. The first-order chi connectivity index (χ1) is 16.0. The maximum absolute atomic E-state index is 12.9. The number of fused-ring (bicyclic) bond motifs is 1. The van der Waals surface area contributed by atoms with E-state index in [0.29, 0.717) is 0 Å². The number of aliphatic hydroxyl groups excluding tert-OH is 1. The largest absolute Gasteiger partial charge is 0.467 e. The van der Waals surface area contributed by atoms with Gasteiger partial charge in [-0.15, -0.1) is 0 Å². The molecule has 0 aromatic rings. The van der Waals surface area contributed by atoms with Gasteiger partial charge in [-0.1, -0.05) is 0 Å². The van der Waals surface area contributed by atoms with Crippen LogP contribution in [0.1, 0.15) is 54.4 Å². The number of hydrogen-bond donors (Lipinski definition) is 2. The first-order valence-corrected chi connectivity index (χ1v) is 11.4. The maximum Gasteiger partial charge on any atom is 0.408 e. The van der Waals surface area contributed by atoms with Crippen molar-refractivity contribution in [1.82, 2.24) is 5.32 Å². The second-order valence-corrected chi connectivity index (χ2v) is 10.8. The van der Waals surface area contributed by atoms with Crippen LogP contribution in [0.25, 0.3) is 0 Å². The first kappa shape index (κ1) is 28.8. The van der Waals surface area contributed by atoms with E-state index in [2.05, 4.69) is 5.32 Å². The Morgan fingerprint density at radius 1 is 1.09 bits per heavy atom. The summed E-state index contributed by atoms with van der Waals surface area (Å²) in [5.74, 6) is -2.24. The summed E-state index contributed by atoms with van der Waals surface area (Å²) < 4.78 is 32.3. The fourth-order valence-corrected chi connectivity index (χ4v) is 3.89. The molecule has 0 spiro atoms. The van der Waals surface area contributed by atoms with Crippen molar-refractivity contribution in [3.05, 3.63) is 0 Å². The van der Waals surface area contributed by atoms with Crippen LogP contribution in [0.5, 0.6) is 0 Å². The summed E-state index contributed by atoms with van der Waals surface area (Å²) in [6.45, 7) is 9.80. The Hall–Kier alpha value is -2.44. The van der Waals surface area contributed by atoms with Gasteiger partial charge in [0.05, 0.1) is 32.3 Å². The fraction of sp³-hybridized carbons (Fsp3) is 0.826. The standard InChI is InChI=1S/C23H37NO11/c1-21(2,3)18(27)33-15-13(25)11-32-14-10-23(19(28)31-8,34-16(14)15)9-12(17(26)30-7)24-20(29)35-22(4,5)6/h12-16,25H,9-11H2,1-8H3,(H,24,29)/t12-,13+,14+,15+,16-,23+/m0/s1. The van der Waals surface area contributed by atoms with Crippen molar-refractivity contribution in [3.8, 4) is 0 Å². The van der Waals surface area contributed by atoms with E-state index in [0.717, 1.165) is 14.2 Å². The number of hydrogen-bond acceptors (Lipinski definition) is 11. The van der Waals surface area contributed by atoms with Crippen LogP contribution in [-0.2, 0) is 42.8 Å². The SMILES string of the molecule is COC(=O)[C@H](C[C@]1(C(=O)OC)C[C@H]2OC[C@@H](O)[C@@H](OC(=O)C(C)(C)C)[C@H]2O1)NC(=O)OC(C)(C)C. The molecule has 2 aliphatic heterocycles. The van der Waals surface area contributed by atoms with Crippen molar-refractivity contribution in [2.75, 3.05) is 20.8 Å². The summed E-state index contributed by atoms with van der Waals surface area (Å²) in [7, 11) is 2.28. The zero-order valence-corrected chi connectivity index (χ0v) is 21.5. The third-order valence-corrected chi connectivity index (χ3v) is 5.57. The van der Waals surface area contributed by atoms with Crippen LogP contribution in [0.2, 0.25) is 0 Å². The van der Waals surface area contributed by atoms with E-state index < -0.39 is 71.1 Å². The molecule has 0 saturated carbocycles. The van der Waals surface area contributed by atoms with E-state index in [1.165, 1.54) is 0 Å². The molecule has 1 amide bonds. The quantitative estimate of drug-likeness (QED) is 0.391. The maximum atomic E-state index is 12.9. The Bertz CT molecular complexity index is 815. The number of rotatable bonds is 6. The zero-order valence-electron chi connectivity index (χ0n) is 21.5. The van der Waals surface area contributed by atoms with Crippen LogP contribution in [0, 0.1) is 5.41 Å². The first-order valence-electron chi connectivity index (χ1n) is 11.4. The van der Waals surface area contributed by atoms with Crippen molar-refractivity contribution in [2.45, 2.75) is 96.0 Å². The molecule has 2 heterocycles. The molecule has 35 heavy (non-hydrogen) atoms. The van der Waals surface area contributed by atoms with Crippen molar-refractivity contribution >= 4 is 24.0 Å². The summed E-state index contributed by atoms with van der Waals surface area (Å²) in [4.78, 5) is 50.3. The molecule has 0 bridgehead atoms. The summed E-state index contributed by atoms with van der Waals surface area (Å²) in [5.41, 5.74) is -3.45. The minimum atomic E-state index is -1.77. The second kappa shape index (κ2) is 10.7. The molecule has 2 rings (SSSR count). The number of ether oxygens (including phenoxy) is 6. The number of alkyl carbamates (subject to hydrolysis) is 1. The lowest BCUT2D eigenvalue weighted by Gasteiger charge is -2.37. The lowest BCUT2D eigenvalue weighted by molar-refractivity contribution is -0.216. The van der Waals surface area contributed by atoms with Crippen molar-refractivity contribution in [1.29, 1.82) is 0 Å². The van der Waals surface area contributed by atoms with Gasteiger partial charge in [-0.3, -0.25) is 4.79 Å². The predicted octanol–water partition coefficient (Wildman–Crippen LogP) is 0.861. The van der Waals surface area contributed by atoms with Gasteiger partial charge in [0.2, 0.25) is 0 Å². The number of carbonyl (C=O) groups excluding carboxylic acids is 4. The molecule has 2 fully saturated rings. The highest BCUT2D eigenvalue weighted by Crippen LogP contribution is 2.42. The second-order valence-electron chi connectivity index (χ2n) is 10.8. The summed E-state index contributed by atoms with van der Waals surface area (Å²) in [5, 5.41) is 12.9.